The molecule has 1 aliphatic heterocycles. The van der Waals surface area contributed by atoms with Crippen LogP contribution in [-0.2, 0) is 6.54 Å². The molecule has 0 spiro atoms. The van der Waals surface area contributed by atoms with Gasteiger partial charge < -0.3 is 10.3 Å². The molecule has 4 nitrogen and oxygen atoms in total. The summed E-state index contributed by atoms with van der Waals surface area (Å²) in [5, 5.41) is 5.23. The Balaban J connectivity index is 1.89. The van der Waals surface area contributed by atoms with E-state index in [9.17, 15) is 4.79 Å². The number of fused-ring (bicyclic) bond motifs is 1. The average molecular weight is 321 g/mol. The molecule has 0 amide bonds. The summed E-state index contributed by atoms with van der Waals surface area (Å²) >= 11 is 5.07. The first-order chi connectivity index (χ1) is 8.74. The SMILES string of the molecule is O=c1nc(NCc2cccs2)c2c([nH]1)C(Br)=C[B]2. The van der Waals surface area contributed by atoms with Gasteiger partial charge in [-0.2, -0.15) is 4.98 Å². The predicted molar refractivity (Wildman–Crippen MR) is 78.8 cm³/mol. The molecule has 0 saturated carbocycles. The predicted octanol–water partition coefficient (Wildman–Crippen LogP) is 1.48. The van der Waals surface area contributed by atoms with Crippen LogP contribution in [0, 0.1) is 0 Å². The fourth-order valence-corrected chi connectivity index (χ4v) is 2.88. The van der Waals surface area contributed by atoms with Gasteiger partial charge in [-0.15, -0.1) is 11.3 Å². The lowest BCUT2D eigenvalue weighted by Crippen LogP contribution is -2.27. The molecule has 89 valence electrons. The lowest BCUT2D eigenvalue weighted by Gasteiger charge is -2.09. The minimum atomic E-state index is -0.344. The summed E-state index contributed by atoms with van der Waals surface area (Å²) in [5.74, 6) is 2.52. The number of aromatic amines is 1. The molecule has 0 fully saturated rings. The molecule has 0 aliphatic carbocycles. The van der Waals surface area contributed by atoms with Crippen molar-refractivity contribution in [2.24, 2.45) is 0 Å². The number of anilines is 1. The largest absolute Gasteiger partial charge is 0.365 e. The smallest absolute Gasteiger partial charge is 0.347 e. The van der Waals surface area contributed by atoms with Crippen LogP contribution in [0.25, 0.3) is 4.48 Å². The fourth-order valence-electron chi connectivity index (χ4n) is 1.79. The van der Waals surface area contributed by atoms with Crippen LogP contribution in [-0.4, -0.2) is 17.2 Å². The maximum atomic E-state index is 11.5. The Labute approximate surface area is 117 Å². The standard InChI is InChI=1S/C11H8BBrN3OS/c13-7-4-12-8-9(7)15-11(17)16-10(8)14-5-6-2-1-3-18-6/h1-4H,5H2,(H2,14,15,16,17). The molecular formula is C11H8BBrN3OS. The number of halogens is 1. The Morgan fingerprint density at radius 2 is 2.44 bits per heavy atom. The van der Waals surface area contributed by atoms with Gasteiger partial charge in [0.1, 0.15) is 5.82 Å². The zero-order valence-corrected chi connectivity index (χ0v) is 11.6. The van der Waals surface area contributed by atoms with E-state index in [0.29, 0.717) is 12.4 Å². The van der Waals surface area contributed by atoms with E-state index in [4.69, 9.17) is 0 Å². The lowest BCUT2D eigenvalue weighted by atomic mass is 9.74. The Bertz CT molecular complexity index is 665. The molecule has 2 aromatic rings. The van der Waals surface area contributed by atoms with Crippen LogP contribution < -0.4 is 16.5 Å². The third-order valence-corrected chi connectivity index (χ3v) is 4.15. The zero-order chi connectivity index (χ0) is 12.5. The van der Waals surface area contributed by atoms with Gasteiger partial charge in [0, 0.05) is 9.36 Å². The van der Waals surface area contributed by atoms with Crippen molar-refractivity contribution in [2.45, 2.75) is 6.54 Å². The van der Waals surface area contributed by atoms with Crippen molar-refractivity contribution >= 4 is 50.3 Å². The Morgan fingerprint density at radius 1 is 1.56 bits per heavy atom. The number of aromatic nitrogens is 2. The van der Waals surface area contributed by atoms with E-state index >= 15 is 0 Å². The van der Waals surface area contributed by atoms with Gasteiger partial charge in [-0.3, -0.25) is 0 Å². The summed E-state index contributed by atoms with van der Waals surface area (Å²) in [6.07, 6.45) is 0. The van der Waals surface area contributed by atoms with Crippen molar-refractivity contribution < 1.29 is 0 Å². The normalized spacial score (nSPS) is 12.8. The van der Waals surface area contributed by atoms with Gasteiger partial charge >= 0.3 is 5.69 Å². The highest BCUT2D eigenvalue weighted by Crippen LogP contribution is 2.22. The molecule has 0 atom stereocenters. The highest BCUT2D eigenvalue weighted by Gasteiger charge is 2.19. The van der Waals surface area contributed by atoms with Gasteiger partial charge in [-0.05, 0) is 32.8 Å². The maximum absolute atomic E-state index is 11.5. The monoisotopic (exact) mass is 320 g/mol. The summed E-state index contributed by atoms with van der Waals surface area (Å²) in [6.45, 7) is 0.673. The molecule has 0 unspecified atom stereocenters. The second-order valence-electron chi connectivity index (χ2n) is 3.79. The Kier molecular flexibility index (Phi) is 3.09. The maximum Gasteiger partial charge on any atom is 0.347 e. The van der Waals surface area contributed by atoms with Crippen molar-refractivity contribution in [1.82, 2.24) is 9.97 Å². The zero-order valence-electron chi connectivity index (χ0n) is 9.24. The van der Waals surface area contributed by atoms with E-state index < -0.39 is 0 Å². The number of hydrogen-bond donors (Lipinski definition) is 2. The van der Waals surface area contributed by atoms with Crippen molar-refractivity contribution in [3.63, 3.8) is 0 Å². The van der Waals surface area contributed by atoms with E-state index in [0.717, 1.165) is 15.6 Å². The van der Waals surface area contributed by atoms with Gasteiger partial charge in [0.15, 0.2) is 7.28 Å². The quantitative estimate of drug-likeness (QED) is 0.842. The van der Waals surface area contributed by atoms with Crippen LogP contribution in [0.2, 0.25) is 0 Å². The van der Waals surface area contributed by atoms with E-state index in [1.807, 2.05) is 30.8 Å². The van der Waals surface area contributed by atoms with Crippen molar-refractivity contribution in [2.75, 3.05) is 5.32 Å². The van der Waals surface area contributed by atoms with Crippen LogP contribution in [0.15, 0.2) is 28.3 Å². The van der Waals surface area contributed by atoms with Crippen molar-refractivity contribution in [3.05, 3.63) is 44.5 Å². The molecule has 0 bridgehead atoms. The summed E-state index contributed by atoms with van der Waals surface area (Å²) in [5.41, 5.74) is 1.35. The average Bonchev–Trinajstić information content (AvgIpc) is 2.97. The molecule has 1 aliphatic rings. The van der Waals surface area contributed by atoms with E-state index in [1.165, 1.54) is 4.88 Å². The Hall–Kier alpha value is -1.34. The van der Waals surface area contributed by atoms with E-state index in [2.05, 4.69) is 31.2 Å². The summed E-state index contributed by atoms with van der Waals surface area (Å²) < 4.78 is 0.871. The van der Waals surface area contributed by atoms with Gasteiger partial charge in [-0.25, -0.2) is 4.79 Å². The van der Waals surface area contributed by atoms with Gasteiger partial charge in [-0.1, -0.05) is 12.0 Å². The molecule has 3 heterocycles. The first kappa shape index (κ1) is 11.7. The lowest BCUT2D eigenvalue weighted by molar-refractivity contribution is 1.05. The number of hydrogen-bond acceptors (Lipinski definition) is 4. The summed E-state index contributed by atoms with van der Waals surface area (Å²) in [6, 6.07) is 4.05. The molecule has 7 heteroatoms. The molecule has 1 radical (unpaired) electrons. The number of nitrogens with zero attached hydrogens (tertiary/aromatic N) is 1. The Morgan fingerprint density at radius 3 is 3.22 bits per heavy atom. The first-order valence-corrected chi connectivity index (χ1v) is 7.03. The highest BCUT2D eigenvalue weighted by molar-refractivity contribution is 9.15. The van der Waals surface area contributed by atoms with E-state index in [-0.39, 0.29) is 5.69 Å². The van der Waals surface area contributed by atoms with Gasteiger partial charge in [0.05, 0.1) is 12.2 Å². The molecule has 3 rings (SSSR count). The number of H-pyrrole nitrogens is 1. The third-order valence-electron chi connectivity index (χ3n) is 2.62. The summed E-state index contributed by atoms with van der Waals surface area (Å²) in [7, 11) is 1.93. The topological polar surface area (TPSA) is 57.8 Å². The molecule has 18 heavy (non-hydrogen) atoms. The van der Waals surface area contributed by atoms with E-state index in [1.54, 1.807) is 11.3 Å². The minimum Gasteiger partial charge on any atom is -0.365 e. The van der Waals surface area contributed by atoms with Crippen LogP contribution in [0.3, 0.4) is 0 Å². The summed E-state index contributed by atoms with van der Waals surface area (Å²) in [4.78, 5) is 19.4. The highest BCUT2D eigenvalue weighted by atomic mass is 79.9. The van der Waals surface area contributed by atoms with Crippen LogP contribution in [0.5, 0.6) is 0 Å². The molecule has 0 saturated heterocycles. The third kappa shape index (κ3) is 2.15. The minimum absolute atomic E-state index is 0.344. The van der Waals surface area contributed by atoms with Crippen LogP contribution in [0.4, 0.5) is 5.82 Å². The number of rotatable bonds is 3. The van der Waals surface area contributed by atoms with Crippen LogP contribution >= 0.6 is 27.3 Å². The van der Waals surface area contributed by atoms with Gasteiger partial charge in [0.2, 0.25) is 0 Å². The molecule has 0 aromatic carbocycles. The number of thiophene rings is 1. The van der Waals surface area contributed by atoms with Crippen LogP contribution in [0.1, 0.15) is 10.6 Å². The van der Waals surface area contributed by atoms with Crippen molar-refractivity contribution in [3.8, 4) is 0 Å². The second-order valence-corrected chi connectivity index (χ2v) is 5.68. The fraction of sp³-hybridized carbons (Fsp3) is 0.0909. The molecule has 2 aromatic heterocycles. The number of nitrogens with one attached hydrogen (secondary N) is 2. The molecular weight excluding hydrogens is 313 g/mol. The molecule has 2 N–H and O–H groups in total. The second kappa shape index (κ2) is 4.74. The van der Waals surface area contributed by atoms with Crippen molar-refractivity contribution in [1.29, 1.82) is 0 Å². The first-order valence-electron chi connectivity index (χ1n) is 5.35. The van der Waals surface area contributed by atoms with Gasteiger partial charge in [0.25, 0.3) is 0 Å².